The predicted molar refractivity (Wildman–Crippen MR) is 120 cm³/mol. The van der Waals surface area contributed by atoms with Gasteiger partial charge in [0.05, 0.1) is 11.8 Å². The van der Waals surface area contributed by atoms with Crippen LogP contribution in [0.25, 0.3) is 0 Å². The highest BCUT2D eigenvalue weighted by Gasteiger charge is 2.35. The van der Waals surface area contributed by atoms with Gasteiger partial charge in [-0.1, -0.05) is 19.1 Å². The molecular weight excluding hydrogens is 398 g/mol. The highest BCUT2D eigenvalue weighted by Crippen LogP contribution is 2.34. The fourth-order valence-corrected chi connectivity index (χ4v) is 3.89. The van der Waals surface area contributed by atoms with Gasteiger partial charge >= 0.3 is 5.69 Å². The van der Waals surface area contributed by atoms with Crippen molar-refractivity contribution < 1.29 is 9.90 Å². The fraction of sp³-hybridized carbons (Fsp3) is 0.455. The molecular formula is C22H29N5O4. The van der Waals surface area contributed by atoms with Crippen molar-refractivity contribution in [2.75, 3.05) is 18.0 Å². The second kappa shape index (κ2) is 8.79. The van der Waals surface area contributed by atoms with Crippen molar-refractivity contribution in [3.63, 3.8) is 0 Å². The van der Waals surface area contributed by atoms with Gasteiger partial charge in [0.1, 0.15) is 5.56 Å². The predicted octanol–water partition coefficient (Wildman–Crippen LogP) is 1.72. The summed E-state index contributed by atoms with van der Waals surface area (Å²) in [6.45, 7) is 7.72. The van der Waals surface area contributed by atoms with Crippen molar-refractivity contribution >= 4 is 17.3 Å². The molecule has 1 aliphatic rings. The van der Waals surface area contributed by atoms with Crippen LogP contribution in [0.1, 0.15) is 50.8 Å². The molecule has 9 nitrogen and oxygen atoms in total. The fourth-order valence-electron chi connectivity index (χ4n) is 3.89. The smallest absolute Gasteiger partial charge is 0.333 e. The Morgan fingerprint density at radius 3 is 2.26 bits per heavy atom. The molecule has 0 unspecified atom stereocenters. The third-order valence-electron chi connectivity index (χ3n) is 5.80. The Balaban J connectivity index is 2.04. The van der Waals surface area contributed by atoms with Crippen LogP contribution >= 0.6 is 0 Å². The lowest BCUT2D eigenvalue weighted by Crippen LogP contribution is -2.39. The van der Waals surface area contributed by atoms with Crippen LogP contribution in [-0.4, -0.2) is 44.0 Å². The summed E-state index contributed by atoms with van der Waals surface area (Å²) in [5.41, 5.74) is 0.938. The summed E-state index contributed by atoms with van der Waals surface area (Å²) < 4.78 is 1.92. The van der Waals surface area contributed by atoms with Crippen molar-refractivity contribution in [1.82, 2.24) is 14.1 Å². The van der Waals surface area contributed by atoms with Gasteiger partial charge in [0.15, 0.2) is 0 Å². The SMILES string of the molecule is CCC(=O)N1N=C(c2c(O)n(C)c(=O)n(C)c2=O)C[C@H]1c1ccc(N(CC)CC)cc1. The monoisotopic (exact) mass is 427 g/mol. The number of aromatic hydroxyl groups is 1. The molecule has 1 amide bonds. The normalized spacial score (nSPS) is 15.8. The molecule has 2 heterocycles. The van der Waals surface area contributed by atoms with Crippen molar-refractivity contribution in [2.45, 2.75) is 39.7 Å². The Hall–Kier alpha value is -3.36. The summed E-state index contributed by atoms with van der Waals surface area (Å²) in [5.74, 6) is -0.637. The van der Waals surface area contributed by atoms with E-state index in [1.54, 1.807) is 6.92 Å². The summed E-state index contributed by atoms with van der Waals surface area (Å²) in [5, 5.41) is 16.3. The van der Waals surface area contributed by atoms with Crippen molar-refractivity contribution in [2.24, 2.45) is 19.2 Å². The largest absolute Gasteiger partial charge is 0.494 e. The number of carbonyl (C=O) groups excluding carboxylic acids is 1. The minimum absolute atomic E-state index is 0.0548. The lowest BCUT2D eigenvalue weighted by atomic mass is 9.98. The van der Waals surface area contributed by atoms with Gasteiger partial charge in [-0.2, -0.15) is 5.10 Å². The summed E-state index contributed by atoms with van der Waals surface area (Å²) in [7, 11) is 2.73. The molecule has 31 heavy (non-hydrogen) atoms. The van der Waals surface area contributed by atoms with E-state index in [9.17, 15) is 19.5 Å². The molecule has 0 radical (unpaired) electrons. The lowest BCUT2D eigenvalue weighted by molar-refractivity contribution is -0.132. The maximum Gasteiger partial charge on any atom is 0.333 e. The first-order valence-corrected chi connectivity index (χ1v) is 10.5. The Bertz CT molecular complexity index is 1130. The molecule has 1 atom stereocenters. The minimum atomic E-state index is -0.638. The lowest BCUT2D eigenvalue weighted by Gasteiger charge is -2.24. The Morgan fingerprint density at radius 1 is 1.10 bits per heavy atom. The Labute approximate surface area is 180 Å². The number of rotatable bonds is 6. The number of nitrogens with zero attached hydrogens (tertiary/aromatic N) is 5. The van der Waals surface area contributed by atoms with Gasteiger partial charge in [-0.15, -0.1) is 0 Å². The Morgan fingerprint density at radius 2 is 1.71 bits per heavy atom. The highest BCUT2D eigenvalue weighted by atomic mass is 16.3. The van der Waals surface area contributed by atoms with Crippen LogP contribution in [-0.2, 0) is 18.9 Å². The molecule has 1 N–H and O–H groups in total. The van der Waals surface area contributed by atoms with E-state index in [1.807, 2.05) is 24.3 Å². The van der Waals surface area contributed by atoms with E-state index >= 15 is 0 Å². The Kier molecular flexibility index (Phi) is 6.33. The van der Waals surface area contributed by atoms with Gasteiger partial charge in [-0.05, 0) is 31.5 Å². The van der Waals surface area contributed by atoms with E-state index in [0.717, 1.165) is 33.5 Å². The molecule has 0 fully saturated rings. The molecule has 3 rings (SSSR count). The molecule has 0 bridgehead atoms. The number of hydrazone groups is 1. The topological polar surface area (TPSA) is 100 Å². The highest BCUT2D eigenvalue weighted by molar-refractivity contribution is 6.04. The summed E-state index contributed by atoms with van der Waals surface area (Å²) in [6.07, 6.45) is 0.513. The van der Waals surface area contributed by atoms with E-state index in [0.29, 0.717) is 0 Å². The van der Waals surface area contributed by atoms with Crippen LogP contribution in [0.2, 0.25) is 0 Å². The molecule has 1 aliphatic heterocycles. The van der Waals surface area contributed by atoms with Gasteiger partial charge < -0.3 is 10.0 Å². The summed E-state index contributed by atoms with van der Waals surface area (Å²) in [4.78, 5) is 39.6. The number of amides is 1. The van der Waals surface area contributed by atoms with Gasteiger partial charge in [-0.25, -0.2) is 9.80 Å². The first-order chi connectivity index (χ1) is 14.7. The molecule has 2 aromatic rings. The molecule has 1 aromatic heterocycles. The van der Waals surface area contributed by atoms with E-state index < -0.39 is 23.2 Å². The van der Waals surface area contributed by atoms with Crippen LogP contribution in [0, 0.1) is 0 Å². The quantitative estimate of drug-likeness (QED) is 0.757. The van der Waals surface area contributed by atoms with Crippen molar-refractivity contribution in [1.29, 1.82) is 0 Å². The maximum atomic E-state index is 12.7. The van der Waals surface area contributed by atoms with E-state index in [1.165, 1.54) is 19.1 Å². The zero-order valence-electron chi connectivity index (χ0n) is 18.6. The zero-order chi connectivity index (χ0) is 22.9. The average Bonchev–Trinajstić information content (AvgIpc) is 3.22. The molecule has 1 aromatic carbocycles. The van der Waals surface area contributed by atoms with Crippen LogP contribution in [0.15, 0.2) is 39.0 Å². The van der Waals surface area contributed by atoms with Crippen LogP contribution < -0.4 is 16.1 Å². The molecule has 0 spiro atoms. The third kappa shape index (κ3) is 3.87. The molecule has 9 heteroatoms. The molecule has 0 aliphatic carbocycles. The summed E-state index contributed by atoms with van der Waals surface area (Å²) in [6, 6.07) is 7.56. The van der Waals surface area contributed by atoms with Crippen LogP contribution in [0.3, 0.4) is 0 Å². The molecule has 0 saturated heterocycles. The van der Waals surface area contributed by atoms with Gasteiger partial charge in [0, 0.05) is 45.7 Å². The average molecular weight is 428 g/mol. The van der Waals surface area contributed by atoms with E-state index in [2.05, 4.69) is 23.8 Å². The first kappa shape index (κ1) is 22.3. The summed E-state index contributed by atoms with van der Waals surface area (Å²) >= 11 is 0. The first-order valence-electron chi connectivity index (χ1n) is 10.5. The zero-order valence-corrected chi connectivity index (χ0v) is 18.6. The van der Waals surface area contributed by atoms with Crippen LogP contribution in [0.5, 0.6) is 5.88 Å². The third-order valence-corrected chi connectivity index (χ3v) is 5.80. The van der Waals surface area contributed by atoms with Crippen molar-refractivity contribution in [3.05, 3.63) is 56.2 Å². The molecule has 166 valence electrons. The number of benzene rings is 1. The number of carbonyl (C=O) groups is 1. The number of hydrogen-bond acceptors (Lipinski definition) is 6. The van der Waals surface area contributed by atoms with Gasteiger partial charge in [0.2, 0.25) is 11.8 Å². The van der Waals surface area contributed by atoms with Crippen molar-refractivity contribution in [3.8, 4) is 5.88 Å². The van der Waals surface area contributed by atoms with Gasteiger partial charge in [-0.3, -0.25) is 18.7 Å². The number of hydrogen-bond donors (Lipinski definition) is 1. The van der Waals surface area contributed by atoms with Crippen LogP contribution in [0.4, 0.5) is 5.69 Å². The molecule has 0 saturated carbocycles. The number of aromatic nitrogens is 2. The maximum absolute atomic E-state index is 12.7. The second-order valence-corrected chi connectivity index (χ2v) is 7.53. The minimum Gasteiger partial charge on any atom is -0.494 e. The van der Waals surface area contributed by atoms with E-state index in [4.69, 9.17) is 0 Å². The second-order valence-electron chi connectivity index (χ2n) is 7.53. The standard InChI is InChI=1S/C22H29N5O4/c1-6-18(28)27-17(14-9-11-15(12-10-14)26(7-2)8-3)13-16(23-27)19-20(29)24(4)22(31)25(5)21(19)30/h9-12,17,29H,6-8,13H2,1-5H3/t17-/m0/s1. The van der Waals surface area contributed by atoms with E-state index in [-0.39, 0.29) is 30.0 Å². The van der Waals surface area contributed by atoms with Gasteiger partial charge in [0.25, 0.3) is 5.56 Å². The number of anilines is 1.